The number of amides is 1. The average Bonchev–Trinajstić information content (AvgIpc) is 2.97. The topological polar surface area (TPSA) is 106 Å². The number of benzene rings is 2. The van der Waals surface area contributed by atoms with Crippen LogP contribution in [-0.4, -0.2) is 78.8 Å². The van der Waals surface area contributed by atoms with Gasteiger partial charge in [0, 0.05) is 56.8 Å². The van der Waals surface area contributed by atoms with Crippen LogP contribution in [0.1, 0.15) is 18.4 Å². The summed E-state index contributed by atoms with van der Waals surface area (Å²) in [6.07, 6.45) is 1.28. The van der Waals surface area contributed by atoms with E-state index in [4.69, 9.17) is 31.5 Å². The van der Waals surface area contributed by atoms with Crippen molar-refractivity contribution in [1.82, 2.24) is 15.1 Å². The lowest BCUT2D eigenvalue weighted by atomic mass is 10.0. The zero-order valence-corrected chi connectivity index (χ0v) is 22.9. The predicted molar refractivity (Wildman–Crippen MR) is 153 cm³/mol. The van der Waals surface area contributed by atoms with Crippen LogP contribution in [-0.2, 0) is 16.1 Å². The van der Waals surface area contributed by atoms with Gasteiger partial charge in [-0.05, 0) is 17.7 Å². The van der Waals surface area contributed by atoms with Crippen molar-refractivity contribution in [1.29, 1.82) is 0 Å². The molecular weight excluding hydrogens is 532 g/mol. The second-order valence-electron chi connectivity index (χ2n) is 10.4. The molecule has 0 saturated carbocycles. The van der Waals surface area contributed by atoms with Crippen molar-refractivity contribution in [2.24, 2.45) is 0 Å². The van der Waals surface area contributed by atoms with Gasteiger partial charge in [0.15, 0.2) is 11.0 Å². The monoisotopic (exact) mass is 564 g/mol. The maximum Gasteiger partial charge on any atom is 0.410 e. The lowest BCUT2D eigenvalue weighted by Gasteiger charge is -2.51. The molecule has 1 aromatic heterocycles. The molecule has 3 saturated heterocycles. The number of hydrogen-bond acceptors (Lipinski definition) is 9. The van der Waals surface area contributed by atoms with Gasteiger partial charge in [0.2, 0.25) is 0 Å². The van der Waals surface area contributed by atoms with Crippen LogP contribution in [0.4, 0.5) is 22.0 Å². The molecule has 2 N–H and O–H groups in total. The molecule has 0 radical (unpaired) electrons. The first kappa shape index (κ1) is 26.5. The third kappa shape index (κ3) is 5.88. The number of piperazine rings is 1. The summed E-state index contributed by atoms with van der Waals surface area (Å²) in [6.45, 7) is 4.19. The first-order valence-electron chi connectivity index (χ1n) is 13.7. The van der Waals surface area contributed by atoms with E-state index in [-0.39, 0.29) is 30.9 Å². The van der Waals surface area contributed by atoms with Gasteiger partial charge in [-0.2, -0.15) is 0 Å². The Morgan fingerprint density at radius 3 is 2.50 bits per heavy atom. The molecule has 3 aliphatic rings. The zero-order chi connectivity index (χ0) is 27.5. The molecule has 3 aliphatic heterocycles. The van der Waals surface area contributed by atoms with Crippen LogP contribution in [0.25, 0.3) is 0 Å². The molecule has 3 aromatic rings. The molecule has 0 unspecified atom stereocenters. The fourth-order valence-corrected chi connectivity index (χ4v) is 5.92. The minimum absolute atomic E-state index is 0.0417. The summed E-state index contributed by atoms with van der Waals surface area (Å²) >= 11 is 6.11. The summed E-state index contributed by atoms with van der Waals surface area (Å²) in [5.41, 5.74) is 9.02. The molecule has 0 spiro atoms. The summed E-state index contributed by atoms with van der Waals surface area (Å²) < 4.78 is 17.8. The van der Waals surface area contributed by atoms with Crippen LogP contribution >= 0.6 is 11.6 Å². The van der Waals surface area contributed by atoms with Crippen LogP contribution in [0.3, 0.4) is 0 Å². The largest absolute Gasteiger partial charge is 0.490 e. The predicted octanol–water partition coefficient (Wildman–Crippen LogP) is 3.99. The molecule has 210 valence electrons. The lowest BCUT2D eigenvalue weighted by Crippen LogP contribution is -2.65. The Balaban J connectivity index is 1.05. The van der Waals surface area contributed by atoms with E-state index < -0.39 is 0 Å². The van der Waals surface area contributed by atoms with Gasteiger partial charge >= 0.3 is 6.09 Å². The number of likely N-dealkylation sites (tertiary alicyclic amines) is 1. The number of piperidine rings is 1. The third-order valence-electron chi connectivity index (χ3n) is 7.71. The van der Waals surface area contributed by atoms with E-state index in [1.165, 1.54) is 0 Å². The SMILES string of the molecule is Nc1nnc(Cl)cc1N1C[C@H]2COC[C@@H](C1)N2c1cccc(OC2CCN(C(=O)OCc3ccccc3)CC2)c1. The van der Waals surface area contributed by atoms with E-state index in [0.717, 1.165) is 48.6 Å². The van der Waals surface area contributed by atoms with Gasteiger partial charge in [-0.25, -0.2) is 4.79 Å². The highest BCUT2D eigenvalue weighted by Crippen LogP contribution is 2.34. The summed E-state index contributed by atoms with van der Waals surface area (Å²) in [6, 6.07) is 20.0. The van der Waals surface area contributed by atoms with Gasteiger partial charge in [-0.3, -0.25) is 0 Å². The average molecular weight is 565 g/mol. The molecule has 2 atom stereocenters. The highest BCUT2D eigenvalue weighted by atomic mass is 35.5. The van der Waals surface area contributed by atoms with Crippen LogP contribution in [0.2, 0.25) is 5.15 Å². The number of nitrogens with zero attached hydrogens (tertiary/aromatic N) is 5. The minimum Gasteiger partial charge on any atom is -0.490 e. The fourth-order valence-electron chi connectivity index (χ4n) is 5.78. The normalized spacial score (nSPS) is 21.3. The number of hydrogen-bond donors (Lipinski definition) is 1. The summed E-state index contributed by atoms with van der Waals surface area (Å²) in [4.78, 5) is 18.9. The van der Waals surface area contributed by atoms with Crippen molar-refractivity contribution in [2.45, 2.75) is 37.6 Å². The van der Waals surface area contributed by atoms with E-state index in [1.54, 1.807) is 11.0 Å². The molecule has 1 amide bonds. The number of anilines is 3. The van der Waals surface area contributed by atoms with Crippen molar-refractivity contribution in [3.63, 3.8) is 0 Å². The molecule has 2 aromatic carbocycles. The Bertz CT molecular complexity index is 1310. The van der Waals surface area contributed by atoms with Gasteiger partial charge in [-0.1, -0.05) is 48.0 Å². The molecule has 10 nitrogen and oxygen atoms in total. The Hall–Kier alpha value is -3.76. The standard InChI is InChI=1S/C29H33ClN6O4/c30-27-14-26(28(31)33-32-27)35-15-22-18-38-19-23(16-35)36(22)21-7-4-8-25(13-21)40-24-9-11-34(12-10-24)29(37)39-17-20-5-2-1-3-6-20/h1-8,13-14,22-24H,9-12,15-19H2,(H2,31,33)/t22-,23+. The third-order valence-corrected chi connectivity index (χ3v) is 7.89. The number of nitrogens with two attached hydrogens (primary N) is 1. The number of nitrogen functional groups attached to an aromatic ring is 1. The van der Waals surface area contributed by atoms with Crippen LogP contribution in [0.5, 0.6) is 5.75 Å². The Kier molecular flexibility index (Phi) is 7.79. The highest BCUT2D eigenvalue weighted by molar-refractivity contribution is 6.29. The maximum absolute atomic E-state index is 12.5. The lowest BCUT2D eigenvalue weighted by molar-refractivity contribution is 0.0585. The van der Waals surface area contributed by atoms with Gasteiger partial charge in [0.05, 0.1) is 31.0 Å². The molecule has 0 aliphatic carbocycles. The number of rotatable bonds is 6. The number of aromatic nitrogens is 2. The number of halogens is 1. The summed E-state index contributed by atoms with van der Waals surface area (Å²) in [5, 5.41) is 8.17. The van der Waals surface area contributed by atoms with Gasteiger partial charge in [0.25, 0.3) is 0 Å². The van der Waals surface area contributed by atoms with E-state index >= 15 is 0 Å². The second-order valence-corrected chi connectivity index (χ2v) is 10.8. The quantitative estimate of drug-likeness (QED) is 0.475. The van der Waals surface area contributed by atoms with Crippen molar-refractivity contribution < 1.29 is 19.0 Å². The molecule has 4 heterocycles. The first-order chi connectivity index (χ1) is 19.5. The molecule has 2 bridgehead atoms. The van der Waals surface area contributed by atoms with E-state index in [9.17, 15) is 4.79 Å². The smallest absolute Gasteiger partial charge is 0.410 e. The highest BCUT2D eigenvalue weighted by Gasteiger charge is 2.39. The van der Waals surface area contributed by atoms with E-state index in [0.29, 0.717) is 37.3 Å². The van der Waals surface area contributed by atoms with Gasteiger partial charge in [-0.15, -0.1) is 10.2 Å². The molecular formula is C29H33ClN6O4. The molecule has 40 heavy (non-hydrogen) atoms. The van der Waals surface area contributed by atoms with Crippen molar-refractivity contribution in [2.75, 3.05) is 54.9 Å². The summed E-state index contributed by atoms with van der Waals surface area (Å²) in [5.74, 6) is 1.21. The molecule has 3 fully saturated rings. The van der Waals surface area contributed by atoms with Crippen molar-refractivity contribution in [3.8, 4) is 5.75 Å². The Morgan fingerprint density at radius 1 is 1.00 bits per heavy atom. The fraction of sp³-hybridized carbons (Fsp3) is 0.414. The summed E-state index contributed by atoms with van der Waals surface area (Å²) in [7, 11) is 0. The number of carbonyl (C=O) groups excluding carboxylic acids is 1. The van der Waals surface area contributed by atoms with E-state index in [1.807, 2.05) is 42.5 Å². The van der Waals surface area contributed by atoms with Gasteiger partial charge < -0.3 is 34.6 Å². The van der Waals surface area contributed by atoms with Crippen molar-refractivity contribution in [3.05, 3.63) is 71.4 Å². The minimum atomic E-state index is -0.274. The molecule has 6 rings (SSSR count). The van der Waals surface area contributed by atoms with Crippen molar-refractivity contribution >= 4 is 34.9 Å². The Morgan fingerprint density at radius 2 is 1.75 bits per heavy atom. The number of morpholine rings is 1. The number of carbonyl (C=O) groups is 1. The number of fused-ring (bicyclic) bond motifs is 2. The first-order valence-corrected chi connectivity index (χ1v) is 14.0. The Labute approximate surface area is 238 Å². The zero-order valence-electron chi connectivity index (χ0n) is 22.2. The second kappa shape index (κ2) is 11.8. The van der Waals surface area contributed by atoms with Crippen LogP contribution in [0, 0.1) is 0 Å². The number of ether oxygens (including phenoxy) is 3. The van der Waals surface area contributed by atoms with Crippen LogP contribution in [0.15, 0.2) is 60.7 Å². The van der Waals surface area contributed by atoms with Crippen LogP contribution < -0.4 is 20.3 Å². The van der Waals surface area contributed by atoms with E-state index in [2.05, 4.69) is 32.1 Å². The maximum atomic E-state index is 12.5. The molecule has 11 heteroatoms. The van der Waals surface area contributed by atoms with Gasteiger partial charge in [0.1, 0.15) is 18.5 Å².